The Kier molecular flexibility index (Phi) is 3.26. The number of aromatic carboxylic acids is 1. The normalized spacial score (nSPS) is 22.2. The maximum atomic E-state index is 10.9. The van der Waals surface area contributed by atoms with E-state index < -0.39 is 5.97 Å². The van der Waals surface area contributed by atoms with Crippen LogP contribution in [-0.2, 0) is 11.3 Å². The van der Waals surface area contributed by atoms with Crippen LogP contribution in [0.4, 0.5) is 0 Å². The molecule has 1 saturated heterocycles. The van der Waals surface area contributed by atoms with Crippen LogP contribution in [0, 0.1) is 0 Å². The molecule has 0 amide bonds. The zero-order valence-electron chi connectivity index (χ0n) is 9.18. The predicted octanol–water partition coefficient (Wildman–Crippen LogP) is 1.20. The average Bonchev–Trinajstić information content (AvgIpc) is 2.69. The third-order valence-corrected chi connectivity index (χ3v) is 2.83. The molecule has 1 N–H and O–H groups in total. The van der Waals surface area contributed by atoms with Gasteiger partial charge in [-0.1, -0.05) is 0 Å². The zero-order valence-corrected chi connectivity index (χ0v) is 9.18. The van der Waals surface area contributed by atoms with Crippen LogP contribution in [0.25, 0.3) is 0 Å². The Morgan fingerprint density at radius 2 is 2.50 bits per heavy atom. The molecule has 88 valence electrons. The van der Waals surface area contributed by atoms with Gasteiger partial charge in [-0.15, -0.1) is 0 Å². The Hall–Kier alpha value is -1.33. The van der Waals surface area contributed by atoms with Gasteiger partial charge in [-0.25, -0.2) is 4.79 Å². The van der Waals surface area contributed by atoms with Crippen molar-refractivity contribution >= 4 is 5.97 Å². The maximum Gasteiger partial charge on any atom is 0.339 e. The molecule has 1 aliphatic heterocycles. The standard InChI is InChI=1S/C11H15NO4/c1-8-7-15-5-3-12(8)6-10-9(11(13)14)2-4-16-10/h2,4,8H,3,5-7H2,1H3,(H,13,14). The fourth-order valence-corrected chi connectivity index (χ4v) is 1.83. The predicted molar refractivity (Wildman–Crippen MR) is 56.4 cm³/mol. The second kappa shape index (κ2) is 4.67. The molecular weight excluding hydrogens is 210 g/mol. The fourth-order valence-electron chi connectivity index (χ4n) is 1.83. The molecule has 0 aromatic carbocycles. The van der Waals surface area contributed by atoms with Crippen LogP contribution in [0.1, 0.15) is 23.0 Å². The van der Waals surface area contributed by atoms with Crippen molar-refractivity contribution in [2.24, 2.45) is 0 Å². The highest BCUT2D eigenvalue weighted by Crippen LogP contribution is 2.16. The van der Waals surface area contributed by atoms with Gasteiger partial charge in [0.15, 0.2) is 0 Å². The number of hydrogen-bond donors (Lipinski definition) is 1. The number of ether oxygens (including phenoxy) is 1. The van der Waals surface area contributed by atoms with Gasteiger partial charge in [0, 0.05) is 12.6 Å². The summed E-state index contributed by atoms with van der Waals surface area (Å²) < 4.78 is 10.5. The third-order valence-electron chi connectivity index (χ3n) is 2.83. The van der Waals surface area contributed by atoms with Crippen molar-refractivity contribution in [1.82, 2.24) is 4.90 Å². The third kappa shape index (κ3) is 2.25. The van der Waals surface area contributed by atoms with E-state index in [4.69, 9.17) is 14.3 Å². The first-order valence-electron chi connectivity index (χ1n) is 5.30. The van der Waals surface area contributed by atoms with Crippen LogP contribution < -0.4 is 0 Å². The van der Waals surface area contributed by atoms with Gasteiger partial charge in [-0.05, 0) is 13.0 Å². The first kappa shape index (κ1) is 11.2. The molecule has 16 heavy (non-hydrogen) atoms. The Balaban J connectivity index is 2.07. The van der Waals surface area contributed by atoms with Crippen molar-refractivity contribution in [3.05, 3.63) is 23.7 Å². The summed E-state index contributed by atoms with van der Waals surface area (Å²) in [5.41, 5.74) is 0.249. The van der Waals surface area contributed by atoms with Gasteiger partial charge >= 0.3 is 5.97 Å². The number of carboxylic acid groups (broad SMARTS) is 1. The lowest BCUT2D eigenvalue weighted by molar-refractivity contribution is -0.00728. The molecule has 1 fully saturated rings. The van der Waals surface area contributed by atoms with Crippen molar-refractivity contribution in [2.75, 3.05) is 19.8 Å². The summed E-state index contributed by atoms with van der Waals surface area (Å²) in [5.74, 6) is -0.425. The summed E-state index contributed by atoms with van der Waals surface area (Å²) in [7, 11) is 0. The molecule has 0 aliphatic carbocycles. The number of furan rings is 1. The average molecular weight is 225 g/mol. The van der Waals surface area contributed by atoms with Gasteiger partial charge in [-0.3, -0.25) is 4.90 Å². The number of nitrogens with zero attached hydrogens (tertiary/aromatic N) is 1. The molecule has 1 unspecified atom stereocenters. The lowest BCUT2D eigenvalue weighted by atomic mass is 10.2. The van der Waals surface area contributed by atoms with E-state index in [9.17, 15) is 4.79 Å². The van der Waals surface area contributed by atoms with Crippen molar-refractivity contribution in [3.8, 4) is 0 Å². The van der Waals surface area contributed by atoms with Crippen molar-refractivity contribution < 1.29 is 19.1 Å². The largest absolute Gasteiger partial charge is 0.478 e. The van der Waals surface area contributed by atoms with Crippen molar-refractivity contribution in [3.63, 3.8) is 0 Å². The first-order valence-corrected chi connectivity index (χ1v) is 5.30. The van der Waals surface area contributed by atoms with Crippen LogP contribution in [0.15, 0.2) is 16.7 Å². The molecule has 5 nitrogen and oxygen atoms in total. The summed E-state index contributed by atoms with van der Waals surface area (Å²) in [5, 5.41) is 8.95. The zero-order chi connectivity index (χ0) is 11.5. The molecule has 0 saturated carbocycles. The van der Waals surface area contributed by atoms with E-state index in [0.29, 0.717) is 31.6 Å². The lowest BCUT2D eigenvalue weighted by Gasteiger charge is -2.32. The first-order chi connectivity index (χ1) is 7.68. The summed E-state index contributed by atoms with van der Waals surface area (Å²) in [4.78, 5) is 13.1. The van der Waals surface area contributed by atoms with E-state index in [2.05, 4.69) is 11.8 Å². The fraction of sp³-hybridized carbons (Fsp3) is 0.545. The number of carbonyl (C=O) groups is 1. The second-order valence-electron chi connectivity index (χ2n) is 3.96. The maximum absolute atomic E-state index is 10.9. The topological polar surface area (TPSA) is 62.9 Å². The van der Waals surface area contributed by atoms with E-state index in [1.54, 1.807) is 0 Å². The van der Waals surface area contributed by atoms with Gasteiger partial charge in [0.2, 0.25) is 0 Å². The second-order valence-corrected chi connectivity index (χ2v) is 3.96. The monoisotopic (exact) mass is 225 g/mol. The van der Waals surface area contributed by atoms with Crippen LogP contribution in [0.2, 0.25) is 0 Å². The Morgan fingerprint density at radius 1 is 1.69 bits per heavy atom. The molecule has 5 heteroatoms. The van der Waals surface area contributed by atoms with Crippen LogP contribution in [0.5, 0.6) is 0 Å². The molecule has 0 radical (unpaired) electrons. The van der Waals surface area contributed by atoms with Crippen LogP contribution >= 0.6 is 0 Å². The Labute approximate surface area is 93.6 Å². The molecule has 0 spiro atoms. The number of hydrogen-bond acceptors (Lipinski definition) is 4. The smallest absolute Gasteiger partial charge is 0.339 e. The van der Waals surface area contributed by atoms with E-state index in [1.807, 2.05) is 0 Å². The summed E-state index contributed by atoms with van der Waals surface area (Å²) in [6.45, 7) is 4.76. The molecule has 1 atom stereocenters. The van der Waals surface area contributed by atoms with E-state index in [1.165, 1.54) is 12.3 Å². The minimum absolute atomic E-state index is 0.249. The summed E-state index contributed by atoms with van der Waals surface area (Å²) in [6.07, 6.45) is 1.42. The van der Waals surface area contributed by atoms with Gasteiger partial charge in [0.25, 0.3) is 0 Å². The molecule has 1 aromatic heterocycles. The summed E-state index contributed by atoms with van der Waals surface area (Å²) >= 11 is 0. The minimum Gasteiger partial charge on any atom is -0.478 e. The van der Waals surface area contributed by atoms with E-state index in [-0.39, 0.29) is 5.56 Å². The van der Waals surface area contributed by atoms with Gasteiger partial charge in [-0.2, -0.15) is 0 Å². The number of carboxylic acids is 1. The molecule has 1 aromatic rings. The highest BCUT2D eigenvalue weighted by atomic mass is 16.5. The lowest BCUT2D eigenvalue weighted by Crippen LogP contribution is -2.43. The van der Waals surface area contributed by atoms with Gasteiger partial charge < -0.3 is 14.3 Å². The molecule has 0 bridgehead atoms. The molecule has 2 heterocycles. The highest BCUT2D eigenvalue weighted by molar-refractivity contribution is 5.88. The van der Waals surface area contributed by atoms with Gasteiger partial charge in [0.05, 0.1) is 26.0 Å². The van der Waals surface area contributed by atoms with E-state index in [0.717, 1.165) is 6.54 Å². The number of morpholine rings is 1. The highest BCUT2D eigenvalue weighted by Gasteiger charge is 2.22. The number of rotatable bonds is 3. The Morgan fingerprint density at radius 3 is 3.19 bits per heavy atom. The molecule has 2 rings (SSSR count). The van der Waals surface area contributed by atoms with E-state index >= 15 is 0 Å². The molecular formula is C11H15NO4. The Bertz CT molecular complexity index is 374. The quantitative estimate of drug-likeness (QED) is 0.837. The minimum atomic E-state index is -0.940. The molecule has 1 aliphatic rings. The van der Waals surface area contributed by atoms with Crippen molar-refractivity contribution in [1.29, 1.82) is 0 Å². The summed E-state index contributed by atoms with van der Waals surface area (Å²) in [6, 6.07) is 1.78. The van der Waals surface area contributed by atoms with Crippen LogP contribution in [0.3, 0.4) is 0 Å². The SMILES string of the molecule is CC1COCCN1Cc1occc1C(=O)O. The van der Waals surface area contributed by atoms with Gasteiger partial charge in [0.1, 0.15) is 11.3 Å². The van der Waals surface area contributed by atoms with Crippen molar-refractivity contribution in [2.45, 2.75) is 19.5 Å². The van der Waals surface area contributed by atoms with Crippen LogP contribution in [-0.4, -0.2) is 41.8 Å².